The average molecular weight is 309 g/mol. The molecule has 0 radical (unpaired) electrons. The minimum Gasteiger partial charge on any atom is -0.193 e. The van der Waals surface area contributed by atoms with Crippen LogP contribution >= 0.6 is 0 Å². The molecule has 1 saturated carbocycles. The molecular formula is C22H31N. The Labute approximate surface area is 142 Å². The van der Waals surface area contributed by atoms with Crippen LogP contribution in [0.2, 0.25) is 0 Å². The predicted molar refractivity (Wildman–Crippen MR) is 98.2 cm³/mol. The first-order valence-electron chi connectivity index (χ1n) is 9.44. The third-order valence-corrected chi connectivity index (χ3v) is 5.30. The maximum atomic E-state index is 8.50. The SMILES string of the molecule is CCCc1ccc(CC[C@H]2CC[C@H](CC/C=C/C#N)CC2)cc1. The van der Waals surface area contributed by atoms with E-state index in [0.29, 0.717) is 0 Å². The monoisotopic (exact) mass is 309 g/mol. The summed E-state index contributed by atoms with van der Waals surface area (Å²) in [6.45, 7) is 2.24. The molecule has 1 heteroatoms. The number of aryl methyl sites for hydroxylation is 2. The number of nitrogens with zero attached hydrogens (tertiary/aromatic N) is 1. The first-order valence-corrected chi connectivity index (χ1v) is 9.44. The number of hydrogen-bond acceptors (Lipinski definition) is 1. The van der Waals surface area contributed by atoms with Crippen molar-refractivity contribution in [2.24, 2.45) is 11.8 Å². The zero-order valence-corrected chi connectivity index (χ0v) is 14.6. The van der Waals surface area contributed by atoms with Gasteiger partial charge in [-0.25, -0.2) is 0 Å². The topological polar surface area (TPSA) is 23.8 Å². The van der Waals surface area contributed by atoms with Gasteiger partial charge in [0.2, 0.25) is 0 Å². The van der Waals surface area contributed by atoms with Crippen LogP contribution in [0.1, 0.15) is 69.4 Å². The lowest BCUT2D eigenvalue weighted by molar-refractivity contribution is 0.254. The minimum absolute atomic E-state index is 0.892. The summed E-state index contributed by atoms with van der Waals surface area (Å²) in [6.07, 6.45) is 16.6. The van der Waals surface area contributed by atoms with Gasteiger partial charge in [-0.3, -0.25) is 0 Å². The van der Waals surface area contributed by atoms with E-state index in [1.807, 2.05) is 6.08 Å². The number of nitriles is 1. The van der Waals surface area contributed by atoms with Gasteiger partial charge in [-0.2, -0.15) is 5.26 Å². The number of allylic oxidation sites excluding steroid dienone is 2. The second-order valence-electron chi connectivity index (χ2n) is 7.10. The van der Waals surface area contributed by atoms with Crippen molar-refractivity contribution in [3.63, 3.8) is 0 Å². The summed E-state index contributed by atoms with van der Waals surface area (Å²) >= 11 is 0. The van der Waals surface area contributed by atoms with Crippen molar-refractivity contribution in [1.82, 2.24) is 0 Å². The normalized spacial score (nSPS) is 21.4. The van der Waals surface area contributed by atoms with Gasteiger partial charge in [-0.05, 0) is 55.1 Å². The molecule has 0 aromatic heterocycles. The van der Waals surface area contributed by atoms with Crippen LogP contribution in [-0.4, -0.2) is 0 Å². The smallest absolute Gasteiger partial charge is 0.0908 e. The number of hydrogen-bond donors (Lipinski definition) is 0. The Morgan fingerprint density at radius 1 is 0.957 bits per heavy atom. The molecule has 0 heterocycles. The Morgan fingerprint density at radius 2 is 1.52 bits per heavy atom. The van der Waals surface area contributed by atoms with Crippen LogP contribution in [0.5, 0.6) is 0 Å². The van der Waals surface area contributed by atoms with Crippen molar-refractivity contribution in [3.05, 3.63) is 47.5 Å². The molecule has 1 fully saturated rings. The van der Waals surface area contributed by atoms with Gasteiger partial charge in [0.1, 0.15) is 0 Å². The zero-order chi connectivity index (χ0) is 16.3. The van der Waals surface area contributed by atoms with Gasteiger partial charge in [0.25, 0.3) is 0 Å². The largest absolute Gasteiger partial charge is 0.193 e. The van der Waals surface area contributed by atoms with Gasteiger partial charge in [-0.1, -0.05) is 69.4 Å². The van der Waals surface area contributed by atoms with E-state index in [2.05, 4.69) is 37.3 Å². The highest BCUT2D eigenvalue weighted by atomic mass is 14.3. The Bertz CT molecular complexity index is 498. The fraction of sp³-hybridized carbons (Fsp3) is 0.591. The molecule has 0 spiro atoms. The van der Waals surface area contributed by atoms with Crippen molar-refractivity contribution in [1.29, 1.82) is 5.26 Å². The van der Waals surface area contributed by atoms with Crippen molar-refractivity contribution < 1.29 is 0 Å². The summed E-state index contributed by atoms with van der Waals surface area (Å²) in [5.74, 6) is 1.82. The molecule has 1 nitrogen and oxygen atoms in total. The van der Waals surface area contributed by atoms with E-state index in [-0.39, 0.29) is 0 Å². The van der Waals surface area contributed by atoms with Gasteiger partial charge in [0.15, 0.2) is 0 Å². The second-order valence-corrected chi connectivity index (χ2v) is 7.10. The lowest BCUT2D eigenvalue weighted by atomic mass is 9.78. The Morgan fingerprint density at radius 3 is 2.09 bits per heavy atom. The quantitative estimate of drug-likeness (QED) is 0.521. The highest BCUT2D eigenvalue weighted by Gasteiger charge is 2.20. The zero-order valence-electron chi connectivity index (χ0n) is 14.6. The third kappa shape index (κ3) is 6.61. The van der Waals surface area contributed by atoms with Crippen LogP contribution in [0.15, 0.2) is 36.4 Å². The molecule has 2 rings (SSSR count). The second kappa shape index (κ2) is 10.3. The van der Waals surface area contributed by atoms with Crippen molar-refractivity contribution >= 4 is 0 Å². The fourth-order valence-electron chi connectivity index (χ4n) is 3.81. The molecule has 0 N–H and O–H groups in total. The van der Waals surface area contributed by atoms with E-state index >= 15 is 0 Å². The average Bonchev–Trinajstić information content (AvgIpc) is 2.59. The van der Waals surface area contributed by atoms with Gasteiger partial charge in [-0.15, -0.1) is 0 Å². The number of rotatable bonds is 8. The van der Waals surface area contributed by atoms with Crippen LogP contribution < -0.4 is 0 Å². The minimum atomic E-state index is 0.892. The maximum Gasteiger partial charge on any atom is 0.0908 e. The summed E-state index contributed by atoms with van der Waals surface area (Å²) in [6, 6.07) is 11.4. The van der Waals surface area contributed by atoms with Crippen LogP contribution in [-0.2, 0) is 12.8 Å². The molecule has 1 aromatic rings. The third-order valence-electron chi connectivity index (χ3n) is 5.30. The first kappa shape index (κ1) is 17.8. The molecule has 0 aliphatic heterocycles. The Hall–Kier alpha value is -1.55. The standard InChI is InChI=1S/C22H31N/c1-2-6-19-8-12-21(13-9-19)16-17-22-14-10-20(11-15-22)7-4-3-5-18-23/h3,5,8-9,12-13,20,22H,2,4,6-7,10-11,14-17H2,1H3/b5-3+/t20-,22-. The summed E-state index contributed by atoms with van der Waals surface area (Å²) < 4.78 is 0. The van der Waals surface area contributed by atoms with E-state index in [1.54, 1.807) is 6.08 Å². The van der Waals surface area contributed by atoms with Crippen LogP contribution in [0.4, 0.5) is 0 Å². The molecular weight excluding hydrogens is 278 g/mol. The van der Waals surface area contributed by atoms with E-state index in [0.717, 1.165) is 18.3 Å². The molecule has 23 heavy (non-hydrogen) atoms. The molecule has 0 saturated heterocycles. The summed E-state index contributed by atoms with van der Waals surface area (Å²) in [5, 5.41) is 8.50. The van der Waals surface area contributed by atoms with Gasteiger partial charge in [0.05, 0.1) is 6.07 Å². The van der Waals surface area contributed by atoms with Crippen molar-refractivity contribution in [2.45, 2.75) is 71.1 Å². The van der Waals surface area contributed by atoms with Gasteiger partial charge < -0.3 is 0 Å². The molecule has 0 unspecified atom stereocenters. The maximum absolute atomic E-state index is 8.50. The van der Waals surface area contributed by atoms with Crippen LogP contribution in [0.3, 0.4) is 0 Å². The molecule has 1 aliphatic rings. The van der Waals surface area contributed by atoms with Gasteiger partial charge >= 0.3 is 0 Å². The summed E-state index contributed by atoms with van der Waals surface area (Å²) in [4.78, 5) is 0. The summed E-state index contributed by atoms with van der Waals surface area (Å²) in [5.41, 5.74) is 2.98. The molecule has 1 aliphatic carbocycles. The summed E-state index contributed by atoms with van der Waals surface area (Å²) in [7, 11) is 0. The van der Waals surface area contributed by atoms with Crippen LogP contribution in [0, 0.1) is 23.2 Å². The van der Waals surface area contributed by atoms with Gasteiger partial charge in [0, 0.05) is 6.08 Å². The lowest BCUT2D eigenvalue weighted by Crippen LogP contribution is -2.15. The highest BCUT2D eigenvalue weighted by Crippen LogP contribution is 2.34. The Kier molecular flexibility index (Phi) is 7.95. The highest BCUT2D eigenvalue weighted by molar-refractivity contribution is 5.22. The molecule has 124 valence electrons. The molecule has 0 atom stereocenters. The van der Waals surface area contributed by atoms with Crippen molar-refractivity contribution in [2.75, 3.05) is 0 Å². The van der Waals surface area contributed by atoms with E-state index in [4.69, 9.17) is 5.26 Å². The molecule has 0 amide bonds. The van der Waals surface area contributed by atoms with Crippen LogP contribution in [0.25, 0.3) is 0 Å². The first-order chi connectivity index (χ1) is 11.3. The van der Waals surface area contributed by atoms with E-state index in [9.17, 15) is 0 Å². The Balaban J connectivity index is 1.64. The predicted octanol–water partition coefficient (Wildman–Crippen LogP) is 6.24. The van der Waals surface area contributed by atoms with E-state index < -0.39 is 0 Å². The molecule has 1 aromatic carbocycles. The van der Waals surface area contributed by atoms with E-state index in [1.165, 1.54) is 68.9 Å². The number of benzene rings is 1. The van der Waals surface area contributed by atoms with Crippen molar-refractivity contribution in [3.8, 4) is 6.07 Å². The lowest BCUT2D eigenvalue weighted by Gasteiger charge is -2.28. The fourth-order valence-corrected chi connectivity index (χ4v) is 3.81. The molecule has 0 bridgehead atoms.